The fraction of sp³-hybridized carbons (Fsp3) is 0.407. The Labute approximate surface area is 204 Å². The molecule has 1 fully saturated rings. The van der Waals surface area contributed by atoms with E-state index in [4.69, 9.17) is 21.2 Å². The number of rotatable bonds is 3. The van der Waals surface area contributed by atoms with Gasteiger partial charge in [0.05, 0.1) is 35.9 Å². The van der Waals surface area contributed by atoms with E-state index in [2.05, 4.69) is 12.1 Å². The van der Waals surface area contributed by atoms with Gasteiger partial charge in [0.1, 0.15) is 0 Å². The van der Waals surface area contributed by atoms with Crippen molar-refractivity contribution in [3.05, 3.63) is 70.4 Å². The van der Waals surface area contributed by atoms with Crippen LogP contribution in [0.5, 0.6) is 0 Å². The van der Waals surface area contributed by atoms with E-state index in [-0.39, 0.29) is 29.3 Å². The first-order valence-electron chi connectivity index (χ1n) is 11.7. The van der Waals surface area contributed by atoms with Crippen molar-refractivity contribution >= 4 is 34.4 Å². The molecule has 2 aliphatic heterocycles. The van der Waals surface area contributed by atoms with E-state index in [1.165, 1.54) is 15.9 Å². The highest BCUT2D eigenvalue weighted by Gasteiger charge is 2.43. The highest BCUT2D eigenvalue weighted by atomic mass is 35.5. The third-order valence-electron chi connectivity index (χ3n) is 6.71. The number of benzene rings is 2. The number of amides is 1. The number of carbonyl (C=O) groups excluding carboxylic acids is 2. The Morgan fingerprint density at radius 1 is 1.12 bits per heavy atom. The third kappa shape index (κ3) is 4.21. The molecule has 178 valence electrons. The normalized spacial score (nSPS) is 17.2. The molecule has 3 aromatic rings. The average Bonchev–Trinajstić information content (AvgIpc) is 3.31. The zero-order valence-electron chi connectivity index (χ0n) is 19.8. The van der Waals surface area contributed by atoms with Crippen LogP contribution in [-0.4, -0.2) is 34.6 Å². The fourth-order valence-corrected chi connectivity index (χ4v) is 5.20. The minimum atomic E-state index is -0.361. The van der Waals surface area contributed by atoms with Crippen LogP contribution in [-0.2, 0) is 21.7 Å². The van der Waals surface area contributed by atoms with Gasteiger partial charge in [-0.3, -0.25) is 4.79 Å². The molecule has 1 saturated heterocycles. The summed E-state index contributed by atoms with van der Waals surface area (Å²) < 4.78 is 7.62. The molecule has 6 nitrogen and oxygen atoms in total. The summed E-state index contributed by atoms with van der Waals surface area (Å²) in [6, 6.07) is 13.6. The molecule has 2 aliphatic rings. The Hall–Kier alpha value is -2.83. The molecule has 5 rings (SSSR count). The molecule has 2 aromatic carbocycles. The Morgan fingerprint density at radius 2 is 1.85 bits per heavy atom. The maximum Gasteiger partial charge on any atom is 0.333 e. The van der Waals surface area contributed by atoms with Crippen LogP contribution in [0.2, 0.25) is 5.02 Å². The summed E-state index contributed by atoms with van der Waals surface area (Å²) in [5, 5.41) is 1.22. The van der Waals surface area contributed by atoms with Gasteiger partial charge in [-0.2, -0.15) is 4.73 Å². The highest BCUT2D eigenvalue weighted by molar-refractivity contribution is 6.31. The predicted molar refractivity (Wildman–Crippen MR) is 131 cm³/mol. The van der Waals surface area contributed by atoms with E-state index in [1.807, 2.05) is 37.8 Å². The number of halogens is 1. The predicted octanol–water partition coefficient (Wildman–Crippen LogP) is 5.35. The number of hydrogen-bond acceptors (Lipinski definition) is 4. The second kappa shape index (κ2) is 8.43. The van der Waals surface area contributed by atoms with Gasteiger partial charge in [0.25, 0.3) is 5.91 Å². The smallest absolute Gasteiger partial charge is 0.333 e. The van der Waals surface area contributed by atoms with Crippen molar-refractivity contribution in [3.63, 3.8) is 0 Å². The quantitative estimate of drug-likeness (QED) is 0.507. The zero-order valence-corrected chi connectivity index (χ0v) is 20.5. The van der Waals surface area contributed by atoms with Gasteiger partial charge in [-0.05, 0) is 41.5 Å². The van der Waals surface area contributed by atoms with Gasteiger partial charge in [-0.15, -0.1) is 0 Å². The van der Waals surface area contributed by atoms with E-state index in [0.717, 1.165) is 12.8 Å². The minimum absolute atomic E-state index is 0.0842. The second-order valence-electron chi connectivity index (χ2n) is 10.5. The largest absolute Gasteiger partial charge is 0.365 e. The maximum absolute atomic E-state index is 13.6. The number of carbonyl (C=O) groups is 2. The molecule has 1 amide bonds. The molecule has 3 heterocycles. The average molecular weight is 481 g/mol. The molecule has 0 saturated carbocycles. The Balaban J connectivity index is 1.38. The van der Waals surface area contributed by atoms with Gasteiger partial charge >= 0.3 is 5.97 Å². The van der Waals surface area contributed by atoms with Gasteiger partial charge < -0.3 is 14.5 Å². The van der Waals surface area contributed by atoms with E-state index >= 15 is 0 Å². The number of piperidine rings is 1. The summed E-state index contributed by atoms with van der Waals surface area (Å²) >= 11 is 6.22. The SMILES string of the molecule is CC(C)(C)CC(=O)On1cc(C(=O)N2CCC3(CC2)OCc2ccccc23)c2ccc(Cl)cc21. The fourth-order valence-electron chi connectivity index (χ4n) is 5.03. The van der Waals surface area contributed by atoms with Crippen LogP contribution in [0, 0.1) is 5.41 Å². The van der Waals surface area contributed by atoms with Gasteiger partial charge in [0.15, 0.2) is 0 Å². The molecule has 1 aromatic heterocycles. The lowest BCUT2D eigenvalue weighted by atomic mass is 9.83. The van der Waals surface area contributed by atoms with Crippen molar-refractivity contribution in [3.8, 4) is 0 Å². The first kappa shape index (κ1) is 22.9. The van der Waals surface area contributed by atoms with Crippen molar-refractivity contribution in [2.45, 2.75) is 52.2 Å². The first-order chi connectivity index (χ1) is 16.2. The van der Waals surface area contributed by atoms with Crippen LogP contribution >= 0.6 is 11.6 Å². The number of fused-ring (bicyclic) bond motifs is 3. The minimum Gasteiger partial charge on any atom is -0.365 e. The summed E-state index contributed by atoms with van der Waals surface area (Å²) in [6.45, 7) is 7.74. The van der Waals surface area contributed by atoms with E-state index < -0.39 is 0 Å². The summed E-state index contributed by atoms with van der Waals surface area (Å²) in [5.41, 5.74) is 3.07. The van der Waals surface area contributed by atoms with Gasteiger partial charge in [0.2, 0.25) is 0 Å². The molecular formula is C27H29ClN2O4. The Morgan fingerprint density at radius 3 is 2.59 bits per heavy atom. The molecule has 0 aliphatic carbocycles. The molecule has 7 heteroatoms. The summed E-state index contributed by atoms with van der Waals surface area (Å²) in [7, 11) is 0. The molecule has 0 radical (unpaired) electrons. The summed E-state index contributed by atoms with van der Waals surface area (Å²) in [6.07, 6.45) is 3.36. The highest BCUT2D eigenvalue weighted by Crippen LogP contribution is 2.44. The van der Waals surface area contributed by atoms with Crippen LogP contribution in [0.3, 0.4) is 0 Å². The molecule has 0 atom stereocenters. The Bertz CT molecular complexity index is 1270. The van der Waals surface area contributed by atoms with Crippen molar-refractivity contribution in [2.24, 2.45) is 5.41 Å². The third-order valence-corrected chi connectivity index (χ3v) is 6.94. The van der Waals surface area contributed by atoms with Crippen molar-refractivity contribution in [1.82, 2.24) is 9.63 Å². The Kier molecular flexibility index (Phi) is 5.69. The summed E-state index contributed by atoms with van der Waals surface area (Å²) in [5.74, 6) is -0.445. The number of aromatic nitrogens is 1. The van der Waals surface area contributed by atoms with Crippen molar-refractivity contribution < 1.29 is 19.2 Å². The van der Waals surface area contributed by atoms with Crippen LogP contribution in [0.1, 0.15) is 61.5 Å². The van der Waals surface area contributed by atoms with E-state index in [9.17, 15) is 9.59 Å². The topological polar surface area (TPSA) is 60.8 Å². The van der Waals surface area contributed by atoms with Gasteiger partial charge in [-0.1, -0.05) is 62.7 Å². The second-order valence-corrected chi connectivity index (χ2v) is 10.9. The lowest BCUT2D eigenvalue weighted by Crippen LogP contribution is -2.45. The number of likely N-dealkylation sites (tertiary alicyclic amines) is 1. The molecule has 0 N–H and O–H groups in total. The zero-order chi connectivity index (χ0) is 24.1. The first-order valence-corrected chi connectivity index (χ1v) is 12.1. The van der Waals surface area contributed by atoms with E-state index in [1.54, 1.807) is 24.4 Å². The monoisotopic (exact) mass is 480 g/mol. The molecule has 34 heavy (non-hydrogen) atoms. The standard InChI is InChI=1S/C27H29ClN2O4/c1-26(2,3)15-24(31)34-30-16-21(20-9-8-19(28)14-23(20)30)25(32)29-12-10-27(11-13-29)22-7-5-4-6-18(22)17-33-27/h4-9,14,16H,10-13,15,17H2,1-3H3. The molecule has 1 spiro atoms. The summed E-state index contributed by atoms with van der Waals surface area (Å²) in [4.78, 5) is 33.6. The van der Waals surface area contributed by atoms with Gasteiger partial charge in [0, 0.05) is 23.5 Å². The van der Waals surface area contributed by atoms with Crippen LogP contribution in [0.15, 0.2) is 48.7 Å². The maximum atomic E-state index is 13.6. The lowest BCUT2D eigenvalue weighted by Gasteiger charge is -2.39. The number of ether oxygens (including phenoxy) is 1. The van der Waals surface area contributed by atoms with Crippen molar-refractivity contribution in [2.75, 3.05) is 13.1 Å². The van der Waals surface area contributed by atoms with Crippen LogP contribution in [0.4, 0.5) is 0 Å². The van der Waals surface area contributed by atoms with Crippen LogP contribution < -0.4 is 4.84 Å². The lowest BCUT2D eigenvalue weighted by molar-refractivity contribution is -0.145. The number of hydrogen-bond donors (Lipinski definition) is 0. The van der Waals surface area contributed by atoms with Crippen molar-refractivity contribution in [1.29, 1.82) is 0 Å². The van der Waals surface area contributed by atoms with Crippen LogP contribution in [0.25, 0.3) is 10.9 Å². The van der Waals surface area contributed by atoms with Gasteiger partial charge in [-0.25, -0.2) is 4.79 Å². The molecular weight excluding hydrogens is 452 g/mol. The number of nitrogens with zero attached hydrogens (tertiary/aromatic N) is 2. The molecule has 0 unspecified atom stereocenters. The molecule has 0 bridgehead atoms. The van der Waals surface area contributed by atoms with E-state index in [0.29, 0.717) is 41.2 Å².